The standard InChI is InChI=1S/C15H16FN3O/c1-9-2-5-12(16)13(6-9)18-15(20)14-7-10(17)8-19(14)11-3-4-11/h2,5-8,11H,3-4,17H2,1H3,(H,18,20). The second-order valence-electron chi connectivity index (χ2n) is 5.23. The van der Waals surface area contributed by atoms with Gasteiger partial charge in [0.05, 0.1) is 11.4 Å². The first kappa shape index (κ1) is 12.7. The van der Waals surface area contributed by atoms with Gasteiger partial charge in [0.15, 0.2) is 0 Å². The smallest absolute Gasteiger partial charge is 0.272 e. The van der Waals surface area contributed by atoms with E-state index >= 15 is 0 Å². The van der Waals surface area contributed by atoms with Crippen LogP contribution < -0.4 is 11.1 Å². The van der Waals surface area contributed by atoms with Crippen LogP contribution in [0.2, 0.25) is 0 Å². The number of aryl methyl sites for hydroxylation is 1. The summed E-state index contributed by atoms with van der Waals surface area (Å²) in [5.41, 5.74) is 7.86. The monoisotopic (exact) mass is 273 g/mol. The fraction of sp³-hybridized carbons (Fsp3) is 0.267. The number of nitrogen functional groups attached to an aromatic ring is 1. The Morgan fingerprint density at radius 1 is 1.40 bits per heavy atom. The molecule has 1 aliphatic rings. The van der Waals surface area contributed by atoms with Gasteiger partial charge >= 0.3 is 0 Å². The van der Waals surface area contributed by atoms with Crippen LogP contribution >= 0.6 is 0 Å². The first-order chi connectivity index (χ1) is 9.54. The minimum Gasteiger partial charge on any atom is -0.397 e. The van der Waals surface area contributed by atoms with Crippen molar-refractivity contribution in [2.24, 2.45) is 0 Å². The Morgan fingerprint density at radius 2 is 2.15 bits per heavy atom. The lowest BCUT2D eigenvalue weighted by Gasteiger charge is -2.09. The summed E-state index contributed by atoms with van der Waals surface area (Å²) < 4.78 is 15.5. The summed E-state index contributed by atoms with van der Waals surface area (Å²) in [7, 11) is 0. The number of nitrogens with one attached hydrogen (secondary N) is 1. The average molecular weight is 273 g/mol. The van der Waals surface area contributed by atoms with Crippen LogP contribution in [0.1, 0.15) is 34.9 Å². The van der Waals surface area contributed by atoms with Crippen LogP contribution in [0, 0.1) is 12.7 Å². The van der Waals surface area contributed by atoms with E-state index in [4.69, 9.17) is 5.73 Å². The molecule has 0 bridgehead atoms. The highest BCUT2D eigenvalue weighted by Gasteiger charge is 2.27. The molecule has 1 aliphatic carbocycles. The summed E-state index contributed by atoms with van der Waals surface area (Å²) >= 11 is 0. The van der Waals surface area contributed by atoms with Crippen molar-refractivity contribution in [2.45, 2.75) is 25.8 Å². The zero-order valence-corrected chi connectivity index (χ0v) is 11.2. The van der Waals surface area contributed by atoms with Gasteiger partial charge in [-0.25, -0.2) is 4.39 Å². The number of rotatable bonds is 3. The van der Waals surface area contributed by atoms with Crippen molar-refractivity contribution in [3.05, 3.63) is 47.5 Å². The Balaban J connectivity index is 1.87. The zero-order chi connectivity index (χ0) is 14.3. The van der Waals surface area contributed by atoms with Crippen molar-refractivity contribution in [1.82, 2.24) is 4.57 Å². The number of hydrogen-bond acceptors (Lipinski definition) is 2. The molecule has 1 heterocycles. The summed E-state index contributed by atoms with van der Waals surface area (Å²) in [6, 6.07) is 6.59. The molecule has 1 fully saturated rings. The van der Waals surface area contributed by atoms with Crippen LogP contribution in [0.25, 0.3) is 0 Å². The molecule has 0 spiro atoms. The van der Waals surface area contributed by atoms with Crippen molar-refractivity contribution < 1.29 is 9.18 Å². The lowest BCUT2D eigenvalue weighted by atomic mass is 10.2. The predicted molar refractivity (Wildman–Crippen MR) is 76.2 cm³/mol. The van der Waals surface area contributed by atoms with Crippen molar-refractivity contribution in [2.75, 3.05) is 11.1 Å². The van der Waals surface area contributed by atoms with E-state index in [1.807, 2.05) is 11.5 Å². The molecule has 2 aromatic rings. The Bertz CT molecular complexity index is 674. The molecule has 1 saturated carbocycles. The number of nitrogens with zero attached hydrogens (tertiary/aromatic N) is 1. The molecule has 0 aliphatic heterocycles. The second-order valence-corrected chi connectivity index (χ2v) is 5.23. The van der Waals surface area contributed by atoms with E-state index < -0.39 is 5.82 Å². The summed E-state index contributed by atoms with van der Waals surface area (Å²) in [6.45, 7) is 1.85. The predicted octanol–water partition coefficient (Wildman–Crippen LogP) is 3.11. The number of benzene rings is 1. The average Bonchev–Trinajstić information content (AvgIpc) is 3.17. The van der Waals surface area contributed by atoms with E-state index in [1.54, 1.807) is 24.4 Å². The van der Waals surface area contributed by atoms with Gasteiger partial charge in [0.2, 0.25) is 0 Å². The van der Waals surface area contributed by atoms with Gasteiger partial charge in [-0.15, -0.1) is 0 Å². The number of aromatic nitrogens is 1. The molecule has 0 radical (unpaired) electrons. The van der Waals surface area contributed by atoms with Gasteiger partial charge in [-0.2, -0.15) is 0 Å². The third kappa shape index (κ3) is 2.39. The van der Waals surface area contributed by atoms with Crippen LogP contribution in [-0.2, 0) is 0 Å². The lowest BCUT2D eigenvalue weighted by Crippen LogP contribution is -2.17. The maximum Gasteiger partial charge on any atom is 0.272 e. The Kier molecular flexibility index (Phi) is 2.97. The lowest BCUT2D eigenvalue weighted by molar-refractivity contribution is 0.101. The molecule has 0 saturated heterocycles. The number of nitrogens with two attached hydrogens (primary N) is 1. The van der Waals surface area contributed by atoms with Gasteiger partial charge in [0.1, 0.15) is 11.5 Å². The molecule has 4 nitrogen and oxygen atoms in total. The number of hydrogen-bond donors (Lipinski definition) is 2. The van der Waals surface area contributed by atoms with Gasteiger partial charge in [-0.05, 0) is 43.5 Å². The molecule has 5 heteroatoms. The van der Waals surface area contributed by atoms with Crippen LogP contribution in [-0.4, -0.2) is 10.5 Å². The fourth-order valence-electron chi connectivity index (χ4n) is 2.26. The Morgan fingerprint density at radius 3 is 2.85 bits per heavy atom. The van der Waals surface area contributed by atoms with Crippen molar-refractivity contribution in [3.8, 4) is 0 Å². The van der Waals surface area contributed by atoms with Crippen LogP contribution in [0.3, 0.4) is 0 Å². The van der Waals surface area contributed by atoms with Crippen molar-refractivity contribution in [1.29, 1.82) is 0 Å². The second kappa shape index (κ2) is 4.67. The summed E-state index contributed by atoms with van der Waals surface area (Å²) in [6.07, 6.45) is 3.86. The maximum atomic E-state index is 13.7. The third-order valence-electron chi connectivity index (χ3n) is 3.41. The minimum atomic E-state index is -0.443. The third-order valence-corrected chi connectivity index (χ3v) is 3.41. The Hall–Kier alpha value is -2.30. The summed E-state index contributed by atoms with van der Waals surface area (Å²) in [4.78, 5) is 12.3. The molecule has 3 N–H and O–H groups in total. The van der Waals surface area contributed by atoms with Crippen LogP contribution in [0.5, 0.6) is 0 Å². The number of amides is 1. The number of carbonyl (C=O) groups is 1. The van der Waals surface area contributed by atoms with E-state index in [-0.39, 0.29) is 11.6 Å². The highest BCUT2D eigenvalue weighted by Crippen LogP contribution is 2.37. The molecule has 104 valence electrons. The number of carbonyl (C=O) groups excluding carboxylic acids is 1. The normalized spacial score (nSPS) is 14.3. The van der Waals surface area contributed by atoms with Crippen molar-refractivity contribution >= 4 is 17.3 Å². The SMILES string of the molecule is Cc1ccc(F)c(NC(=O)c2cc(N)cn2C2CC2)c1. The summed E-state index contributed by atoms with van der Waals surface area (Å²) in [5, 5.41) is 2.61. The quantitative estimate of drug-likeness (QED) is 0.902. The highest BCUT2D eigenvalue weighted by molar-refractivity contribution is 6.04. The topological polar surface area (TPSA) is 60.1 Å². The molecule has 1 amide bonds. The van der Waals surface area contributed by atoms with Gasteiger partial charge in [0.25, 0.3) is 5.91 Å². The number of halogens is 1. The van der Waals surface area contributed by atoms with Crippen LogP contribution in [0.15, 0.2) is 30.5 Å². The molecule has 0 unspecified atom stereocenters. The van der Waals surface area contributed by atoms with E-state index in [0.29, 0.717) is 17.4 Å². The molecule has 0 atom stereocenters. The number of anilines is 2. The molecule has 1 aromatic heterocycles. The Labute approximate surface area is 116 Å². The van der Waals surface area contributed by atoms with Gasteiger partial charge in [-0.3, -0.25) is 4.79 Å². The molecule has 1 aromatic carbocycles. The fourth-order valence-corrected chi connectivity index (χ4v) is 2.26. The van der Waals surface area contributed by atoms with E-state index in [1.165, 1.54) is 6.07 Å². The summed E-state index contributed by atoms with van der Waals surface area (Å²) in [5.74, 6) is -0.778. The molecule has 3 rings (SSSR count). The van der Waals surface area contributed by atoms with E-state index in [0.717, 1.165) is 18.4 Å². The van der Waals surface area contributed by atoms with E-state index in [2.05, 4.69) is 5.32 Å². The largest absolute Gasteiger partial charge is 0.397 e. The molecular formula is C15H16FN3O. The highest BCUT2D eigenvalue weighted by atomic mass is 19.1. The molecule has 20 heavy (non-hydrogen) atoms. The first-order valence-corrected chi connectivity index (χ1v) is 6.59. The maximum absolute atomic E-state index is 13.7. The van der Waals surface area contributed by atoms with Crippen LogP contribution in [0.4, 0.5) is 15.8 Å². The first-order valence-electron chi connectivity index (χ1n) is 6.59. The van der Waals surface area contributed by atoms with Crippen molar-refractivity contribution in [3.63, 3.8) is 0 Å². The van der Waals surface area contributed by atoms with Gasteiger partial charge in [-0.1, -0.05) is 6.07 Å². The minimum absolute atomic E-state index is 0.192. The van der Waals surface area contributed by atoms with Gasteiger partial charge in [0, 0.05) is 12.2 Å². The zero-order valence-electron chi connectivity index (χ0n) is 11.2. The van der Waals surface area contributed by atoms with E-state index in [9.17, 15) is 9.18 Å². The molecular weight excluding hydrogens is 257 g/mol. The van der Waals surface area contributed by atoms with Gasteiger partial charge < -0.3 is 15.6 Å².